The van der Waals surface area contributed by atoms with Crippen LogP contribution in [0.3, 0.4) is 0 Å². The van der Waals surface area contributed by atoms with Crippen LogP contribution in [0, 0.1) is 6.92 Å². The summed E-state index contributed by atoms with van der Waals surface area (Å²) in [4.78, 5) is 26.8. The fourth-order valence-electron chi connectivity index (χ4n) is 3.44. The molecule has 0 aliphatic carbocycles. The first-order valence-electron chi connectivity index (χ1n) is 10.4. The second-order valence-electron chi connectivity index (χ2n) is 7.36. The third-order valence-corrected chi connectivity index (χ3v) is 5.19. The van der Waals surface area contributed by atoms with Gasteiger partial charge in [0.15, 0.2) is 18.1 Å². The Morgan fingerprint density at radius 3 is 2.64 bits per heavy atom. The number of ether oxygens (including phenoxy) is 3. The highest BCUT2D eigenvalue weighted by Gasteiger charge is 2.19. The second kappa shape index (κ2) is 10.1. The molecule has 1 aromatic heterocycles. The van der Waals surface area contributed by atoms with Gasteiger partial charge in [0.1, 0.15) is 6.33 Å². The van der Waals surface area contributed by atoms with Crippen LogP contribution in [0.2, 0.25) is 0 Å². The number of nitrogens with one attached hydrogen (secondary N) is 1. The lowest BCUT2D eigenvalue weighted by molar-refractivity contribution is -0.137. The van der Waals surface area contributed by atoms with Crippen molar-refractivity contribution in [3.8, 4) is 17.2 Å². The van der Waals surface area contributed by atoms with Gasteiger partial charge in [0.2, 0.25) is 0 Å². The van der Waals surface area contributed by atoms with E-state index in [0.29, 0.717) is 49.1 Å². The summed E-state index contributed by atoms with van der Waals surface area (Å²) in [5.41, 5.74) is 2.73. The maximum absolute atomic E-state index is 12.8. The van der Waals surface area contributed by atoms with Gasteiger partial charge in [-0.3, -0.25) is 9.59 Å². The van der Waals surface area contributed by atoms with Gasteiger partial charge in [0.05, 0.1) is 26.0 Å². The molecule has 0 radical (unpaired) electrons. The Hall–Kier alpha value is -3.99. The standard InChI is InChI=1S/C22H24N6O5/c1-15-11-17(4-5-18(15)28-14-23-25-26-28)24-22(30)16-3-6-19(20(12-16)31-2)33-13-21(29)27-7-9-32-10-8-27/h3-6,11-12,14H,7-10,13H2,1-2H3,(H,24,30). The fraction of sp³-hybridized carbons (Fsp3) is 0.318. The summed E-state index contributed by atoms with van der Waals surface area (Å²) in [6, 6.07) is 10.2. The maximum Gasteiger partial charge on any atom is 0.260 e. The number of aryl methyl sites for hydroxylation is 1. The first-order valence-corrected chi connectivity index (χ1v) is 10.4. The molecule has 3 aromatic rings. The van der Waals surface area contributed by atoms with E-state index < -0.39 is 0 Å². The number of morpholine rings is 1. The zero-order valence-corrected chi connectivity index (χ0v) is 18.4. The first kappa shape index (κ1) is 22.2. The van der Waals surface area contributed by atoms with Crippen LogP contribution in [0.1, 0.15) is 15.9 Å². The quantitative estimate of drug-likeness (QED) is 0.572. The Morgan fingerprint density at radius 1 is 1.12 bits per heavy atom. The highest BCUT2D eigenvalue weighted by Crippen LogP contribution is 2.29. The molecule has 1 N–H and O–H groups in total. The number of hydrogen-bond donors (Lipinski definition) is 1. The van der Waals surface area contributed by atoms with Crippen LogP contribution >= 0.6 is 0 Å². The molecule has 33 heavy (non-hydrogen) atoms. The zero-order chi connectivity index (χ0) is 23.2. The minimum absolute atomic E-state index is 0.116. The monoisotopic (exact) mass is 452 g/mol. The average Bonchev–Trinajstić information content (AvgIpc) is 3.37. The van der Waals surface area contributed by atoms with E-state index in [1.165, 1.54) is 13.4 Å². The molecule has 1 saturated heterocycles. The van der Waals surface area contributed by atoms with Crippen molar-refractivity contribution in [3.63, 3.8) is 0 Å². The first-order chi connectivity index (χ1) is 16.0. The van der Waals surface area contributed by atoms with Gasteiger partial charge in [-0.15, -0.1) is 5.10 Å². The van der Waals surface area contributed by atoms with Crippen molar-refractivity contribution in [1.82, 2.24) is 25.1 Å². The van der Waals surface area contributed by atoms with Gasteiger partial charge in [-0.2, -0.15) is 0 Å². The molecule has 0 saturated carbocycles. The molecule has 1 aliphatic rings. The van der Waals surface area contributed by atoms with E-state index in [-0.39, 0.29) is 18.4 Å². The van der Waals surface area contributed by atoms with Crippen LogP contribution in [-0.2, 0) is 9.53 Å². The number of anilines is 1. The van der Waals surface area contributed by atoms with Gasteiger partial charge in [-0.1, -0.05) is 0 Å². The molecule has 4 rings (SSSR count). The predicted octanol–water partition coefficient (Wildman–Crippen LogP) is 1.47. The van der Waals surface area contributed by atoms with Crippen LogP contribution < -0.4 is 14.8 Å². The minimum Gasteiger partial charge on any atom is -0.493 e. The number of rotatable bonds is 7. The fourth-order valence-corrected chi connectivity index (χ4v) is 3.44. The largest absolute Gasteiger partial charge is 0.493 e. The van der Waals surface area contributed by atoms with Crippen molar-refractivity contribution >= 4 is 17.5 Å². The van der Waals surface area contributed by atoms with Gasteiger partial charge < -0.3 is 24.4 Å². The summed E-state index contributed by atoms with van der Waals surface area (Å²) in [7, 11) is 1.48. The van der Waals surface area contributed by atoms with Gasteiger partial charge in [-0.25, -0.2) is 4.68 Å². The molecule has 11 nitrogen and oxygen atoms in total. The van der Waals surface area contributed by atoms with E-state index in [2.05, 4.69) is 20.8 Å². The average molecular weight is 452 g/mol. The molecule has 0 spiro atoms. The predicted molar refractivity (Wildman–Crippen MR) is 118 cm³/mol. The lowest BCUT2D eigenvalue weighted by atomic mass is 10.1. The Bertz CT molecular complexity index is 1130. The van der Waals surface area contributed by atoms with Crippen molar-refractivity contribution in [1.29, 1.82) is 0 Å². The zero-order valence-electron chi connectivity index (χ0n) is 18.4. The summed E-state index contributed by atoms with van der Waals surface area (Å²) in [5, 5.41) is 14.0. The highest BCUT2D eigenvalue weighted by atomic mass is 16.5. The van der Waals surface area contributed by atoms with Crippen LogP contribution in [0.5, 0.6) is 11.5 Å². The molecule has 2 amide bonds. The van der Waals surface area contributed by atoms with Crippen molar-refractivity contribution in [2.24, 2.45) is 0 Å². The third kappa shape index (κ3) is 5.26. The SMILES string of the molecule is COc1cc(C(=O)Nc2ccc(-n3cnnn3)c(C)c2)ccc1OCC(=O)N1CCOCC1. The normalized spacial score (nSPS) is 13.5. The summed E-state index contributed by atoms with van der Waals surface area (Å²) >= 11 is 0. The molecule has 11 heteroatoms. The van der Waals surface area contributed by atoms with Gasteiger partial charge in [0, 0.05) is 24.3 Å². The van der Waals surface area contributed by atoms with Gasteiger partial charge >= 0.3 is 0 Å². The summed E-state index contributed by atoms with van der Waals surface area (Å²) in [6.45, 7) is 3.94. The molecular formula is C22H24N6O5. The number of hydrogen-bond acceptors (Lipinski definition) is 8. The molecule has 0 bridgehead atoms. The highest BCUT2D eigenvalue weighted by molar-refractivity contribution is 6.04. The maximum atomic E-state index is 12.8. The van der Waals surface area contributed by atoms with Crippen molar-refractivity contribution in [2.75, 3.05) is 45.3 Å². The summed E-state index contributed by atoms with van der Waals surface area (Å²) in [5.74, 6) is 0.321. The molecular weight excluding hydrogens is 428 g/mol. The minimum atomic E-state index is -0.307. The molecule has 2 aromatic carbocycles. The Balaban J connectivity index is 1.41. The number of nitrogens with zero attached hydrogens (tertiary/aromatic N) is 5. The number of benzene rings is 2. The van der Waals surface area contributed by atoms with Crippen LogP contribution in [0.4, 0.5) is 5.69 Å². The molecule has 1 fully saturated rings. The Kier molecular flexibility index (Phi) is 6.79. The number of methoxy groups -OCH3 is 1. The molecule has 0 unspecified atom stereocenters. The number of amides is 2. The molecule has 0 atom stereocenters. The third-order valence-electron chi connectivity index (χ3n) is 5.19. The van der Waals surface area contributed by atoms with E-state index >= 15 is 0 Å². The van der Waals surface area contributed by atoms with Crippen LogP contribution in [0.25, 0.3) is 5.69 Å². The molecule has 172 valence electrons. The molecule has 1 aliphatic heterocycles. The van der Waals surface area contributed by atoms with Crippen molar-refractivity contribution in [3.05, 3.63) is 53.9 Å². The number of aromatic nitrogens is 4. The van der Waals surface area contributed by atoms with E-state index in [1.54, 1.807) is 33.8 Å². The summed E-state index contributed by atoms with van der Waals surface area (Å²) in [6.07, 6.45) is 1.50. The van der Waals surface area contributed by atoms with E-state index in [9.17, 15) is 9.59 Å². The number of tetrazole rings is 1. The second-order valence-corrected chi connectivity index (χ2v) is 7.36. The summed E-state index contributed by atoms with van der Waals surface area (Å²) < 4.78 is 17.8. The van der Waals surface area contributed by atoms with Crippen molar-refractivity contribution in [2.45, 2.75) is 6.92 Å². The van der Waals surface area contributed by atoms with Crippen LogP contribution in [-0.4, -0.2) is 76.9 Å². The van der Waals surface area contributed by atoms with Crippen LogP contribution in [0.15, 0.2) is 42.7 Å². The lowest BCUT2D eigenvalue weighted by Crippen LogP contribution is -2.43. The van der Waals surface area contributed by atoms with E-state index in [1.807, 2.05) is 19.1 Å². The van der Waals surface area contributed by atoms with E-state index in [0.717, 1.165) is 11.3 Å². The number of carbonyl (C=O) groups is 2. The van der Waals surface area contributed by atoms with Gasteiger partial charge in [0.25, 0.3) is 11.8 Å². The molecule has 2 heterocycles. The topological polar surface area (TPSA) is 121 Å². The smallest absolute Gasteiger partial charge is 0.260 e. The van der Waals surface area contributed by atoms with Crippen molar-refractivity contribution < 1.29 is 23.8 Å². The Labute approximate surface area is 190 Å². The number of carbonyl (C=O) groups excluding carboxylic acids is 2. The lowest BCUT2D eigenvalue weighted by Gasteiger charge is -2.26. The Morgan fingerprint density at radius 2 is 1.94 bits per heavy atom. The van der Waals surface area contributed by atoms with E-state index in [4.69, 9.17) is 14.2 Å². The van der Waals surface area contributed by atoms with Gasteiger partial charge in [-0.05, 0) is 59.3 Å².